The Hall–Kier alpha value is -3.62. The van der Waals surface area contributed by atoms with Gasteiger partial charge in [-0.25, -0.2) is 0 Å². The SMILES string of the molecule is CCc1ccc(C2C(C(=O)c3cc4cccc(OC)c4o3)=C(O)C(=O)N2CCCN2CCOCC2)cc1. The molecule has 194 valence electrons. The Morgan fingerprint density at radius 3 is 2.57 bits per heavy atom. The number of ether oxygens (including phenoxy) is 2. The van der Waals surface area contributed by atoms with Crippen LogP contribution in [-0.4, -0.2) is 73.1 Å². The van der Waals surface area contributed by atoms with Gasteiger partial charge in [0.1, 0.15) is 0 Å². The van der Waals surface area contributed by atoms with Crippen LogP contribution in [0.3, 0.4) is 0 Å². The van der Waals surface area contributed by atoms with E-state index >= 15 is 0 Å². The van der Waals surface area contributed by atoms with Crippen LogP contribution in [0.2, 0.25) is 0 Å². The summed E-state index contributed by atoms with van der Waals surface area (Å²) in [5.41, 5.74) is 2.41. The van der Waals surface area contributed by atoms with Crippen molar-refractivity contribution in [3.8, 4) is 5.75 Å². The smallest absolute Gasteiger partial charge is 0.290 e. The number of ketones is 1. The Kier molecular flexibility index (Phi) is 7.30. The van der Waals surface area contributed by atoms with Gasteiger partial charge in [0.2, 0.25) is 5.78 Å². The molecule has 1 N–H and O–H groups in total. The topological polar surface area (TPSA) is 92.5 Å². The quantitative estimate of drug-likeness (QED) is 0.434. The molecule has 2 aliphatic heterocycles. The number of fused-ring (bicyclic) bond motifs is 1. The average Bonchev–Trinajstić information content (AvgIpc) is 3.48. The Labute approximate surface area is 216 Å². The maximum atomic E-state index is 13.8. The van der Waals surface area contributed by atoms with E-state index in [1.807, 2.05) is 36.4 Å². The molecule has 3 aromatic rings. The first-order valence-electron chi connectivity index (χ1n) is 12.8. The summed E-state index contributed by atoms with van der Waals surface area (Å²) in [6.45, 7) is 6.42. The first kappa shape index (κ1) is 25.0. The summed E-state index contributed by atoms with van der Waals surface area (Å²) in [7, 11) is 1.54. The van der Waals surface area contributed by atoms with Gasteiger partial charge in [0, 0.05) is 31.6 Å². The van der Waals surface area contributed by atoms with E-state index in [0.29, 0.717) is 42.9 Å². The van der Waals surface area contributed by atoms with E-state index in [1.165, 1.54) is 7.11 Å². The van der Waals surface area contributed by atoms with E-state index < -0.39 is 23.5 Å². The molecule has 8 heteroatoms. The Bertz CT molecular complexity index is 1320. The third kappa shape index (κ3) is 4.86. The lowest BCUT2D eigenvalue weighted by Gasteiger charge is -2.30. The number of carbonyl (C=O) groups is 2. The van der Waals surface area contributed by atoms with Gasteiger partial charge >= 0.3 is 0 Å². The highest BCUT2D eigenvalue weighted by Crippen LogP contribution is 2.40. The number of morpholine rings is 1. The third-order valence-electron chi connectivity index (χ3n) is 7.18. The van der Waals surface area contributed by atoms with Gasteiger partial charge in [-0.05, 0) is 36.1 Å². The fourth-order valence-electron chi connectivity index (χ4n) is 5.13. The van der Waals surface area contributed by atoms with Gasteiger partial charge in [-0.3, -0.25) is 14.5 Å². The zero-order valence-electron chi connectivity index (χ0n) is 21.2. The number of hydrogen-bond donors (Lipinski definition) is 1. The number of nitrogens with zero attached hydrogens (tertiary/aromatic N) is 2. The zero-order valence-corrected chi connectivity index (χ0v) is 21.2. The number of aryl methyl sites for hydroxylation is 1. The second-order valence-corrected chi connectivity index (χ2v) is 9.38. The van der Waals surface area contributed by atoms with Crippen LogP contribution in [0.5, 0.6) is 5.75 Å². The van der Waals surface area contributed by atoms with Gasteiger partial charge in [0.25, 0.3) is 5.91 Å². The van der Waals surface area contributed by atoms with Gasteiger partial charge in [0.15, 0.2) is 22.9 Å². The second-order valence-electron chi connectivity index (χ2n) is 9.38. The average molecular weight is 505 g/mol. The molecule has 0 saturated carbocycles. The number of benzene rings is 2. The Morgan fingerprint density at radius 2 is 1.86 bits per heavy atom. The molecule has 8 nitrogen and oxygen atoms in total. The monoisotopic (exact) mass is 504 g/mol. The van der Waals surface area contributed by atoms with E-state index in [4.69, 9.17) is 13.9 Å². The summed E-state index contributed by atoms with van der Waals surface area (Å²) in [5.74, 6) is -1.01. The van der Waals surface area contributed by atoms with Crippen molar-refractivity contribution >= 4 is 22.7 Å². The van der Waals surface area contributed by atoms with Crippen LogP contribution in [0.15, 0.2) is 64.3 Å². The fourth-order valence-corrected chi connectivity index (χ4v) is 5.13. The maximum absolute atomic E-state index is 13.8. The predicted molar refractivity (Wildman–Crippen MR) is 139 cm³/mol. The first-order valence-corrected chi connectivity index (χ1v) is 12.8. The number of rotatable bonds is 9. The minimum absolute atomic E-state index is 0.0404. The summed E-state index contributed by atoms with van der Waals surface area (Å²) in [4.78, 5) is 31.0. The molecule has 5 rings (SSSR count). The van der Waals surface area contributed by atoms with Crippen molar-refractivity contribution in [3.63, 3.8) is 0 Å². The first-order chi connectivity index (χ1) is 18.0. The summed E-state index contributed by atoms with van der Waals surface area (Å²) in [6, 6.07) is 14.2. The molecular formula is C29H32N2O6. The van der Waals surface area contributed by atoms with Crippen molar-refractivity contribution in [1.29, 1.82) is 0 Å². The number of aliphatic hydroxyl groups is 1. The summed E-state index contributed by atoms with van der Waals surface area (Å²) in [5, 5.41) is 11.7. The summed E-state index contributed by atoms with van der Waals surface area (Å²) in [6.07, 6.45) is 1.59. The molecule has 1 unspecified atom stereocenters. The molecule has 1 aromatic heterocycles. The van der Waals surface area contributed by atoms with Crippen LogP contribution in [0.25, 0.3) is 11.0 Å². The van der Waals surface area contributed by atoms with Crippen molar-refractivity contribution < 1.29 is 28.6 Å². The van der Waals surface area contributed by atoms with E-state index in [1.54, 1.807) is 17.0 Å². The van der Waals surface area contributed by atoms with Crippen molar-refractivity contribution in [3.05, 3.63) is 76.8 Å². The largest absolute Gasteiger partial charge is 0.503 e. The number of amides is 1. The summed E-state index contributed by atoms with van der Waals surface area (Å²) < 4.78 is 16.7. The van der Waals surface area contributed by atoms with Gasteiger partial charge in [-0.1, -0.05) is 43.3 Å². The van der Waals surface area contributed by atoms with Crippen LogP contribution in [-0.2, 0) is 16.0 Å². The van der Waals surface area contributed by atoms with E-state index in [0.717, 1.165) is 37.2 Å². The van der Waals surface area contributed by atoms with Crippen LogP contribution in [0, 0.1) is 0 Å². The molecule has 37 heavy (non-hydrogen) atoms. The molecular weight excluding hydrogens is 472 g/mol. The van der Waals surface area contributed by atoms with Crippen molar-refractivity contribution in [2.45, 2.75) is 25.8 Å². The highest BCUT2D eigenvalue weighted by Gasteiger charge is 2.44. The molecule has 0 spiro atoms. The lowest BCUT2D eigenvalue weighted by molar-refractivity contribution is -0.129. The molecule has 1 amide bonds. The molecule has 3 heterocycles. The zero-order chi connectivity index (χ0) is 25.9. The molecule has 0 bridgehead atoms. The van der Waals surface area contributed by atoms with Crippen LogP contribution in [0.4, 0.5) is 0 Å². The predicted octanol–water partition coefficient (Wildman–Crippen LogP) is 4.30. The van der Waals surface area contributed by atoms with E-state index in [-0.39, 0.29) is 11.3 Å². The van der Waals surface area contributed by atoms with Gasteiger partial charge < -0.3 is 23.9 Å². The third-order valence-corrected chi connectivity index (χ3v) is 7.18. The van der Waals surface area contributed by atoms with Crippen LogP contribution < -0.4 is 4.74 Å². The molecule has 1 atom stereocenters. The normalized spacial score (nSPS) is 18.7. The minimum Gasteiger partial charge on any atom is -0.503 e. The molecule has 1 saturated heterocycles. The number of hydrogen-bond acceptors (Lipinski definition) is 7. The molecule has 2 aliphatic rings. The lowest BCUT2D eigenvalue weighted by atomic mass is 9.94. The van der Waals surface area contributed by atoms with Crippen molar-refractivity contribution in [2.24, 2.45) is 0 Å². The number of Topliss-reactive ketones (excluding diaryl/α,β-unsaturated/α-hetero) is 1. The molecule has 0 aliphatic carbocycles. The number of para-hydroxylation sites is 1. The van der Waals surface area contributed by atoms with Gasteiger partial charge in [0.05, 0.1) is 31.9 Å². The lowest BCUT2D eigenvalue weighted by Crippen LogP contribution is -2.39. The number of carbonyl (C=O) groups excluding carboxylic acids is 2. The number of methoxy groups -OCH3 is 1. The highest BCUT2D eigenvalue weighted by atomic mass is 16.5. The Balaban J connectivity index is 1.47. The van der Waals surface area contributed by atoms with Crippen molar-refractivity contribution in [2.75, 3.05) is 46.5 Å². The van der Waals surface area contributed by atoms with Crippen molar-refractivity contribution in [1.82, 2.24) is 9.80 Å². The summed E-state index contributed by atoms with van der Waals surface area (Å²) >= 11 is 0. The van der Waals surface area contributed by atoms with E-state index in [2.05, 4.69) is 11.8 Å². The van der Waals surface area contributed by atoms with Gasteiger partial charge in [-0.15, -0.1) is 0 Å². The second kappa shape index (κ2) is 10.8. The molecule has 1 fully saturated rings. The number of aliphatic hydroxyl groups excluding tert-OH is 1. The highest BCUT2D eigenvalue weighted by molar-refractivity contribution is 6.16. The fraction of sp³-hybridized carbons (Fsp3) is 0.379. The van der Waals surface area contributed by atoms with E-state index in [9.17, 15) is 14.7 Å². The molecule has 2 aromatic carbocycles. The number of furan rings is 1. The minimum atomic E-state index is -0.703. The molecule has 0 radical (unpaired) electrons. The standard InChI is InChI=1S/C29H32N2O6/c1-3-19-8-10-20(11-9-19)25-24(26(32)23-18-21-6-4-7-22(35-2)28(21)37-23)27(33)29(34)31(25)13-5-12-30-14-16-36-17-15-30/h4,6-11,18,25,33H,3,5,12-17H2,1-2H3. The maximum Gasteiger partial charge on any atom is 0.290 e. The van der Waals surface area contributed by atoms with Crippen LogP contribution >= 0.6 is 0 Å². The van der Waals surface area contributed by atoms with Gasteiger partial charge in [-0.2, -0.15) is 0 Å². The van der Waals surface area contributed by atoms with Crippen LogP contribution in [0.1, 0.15) is 41.1 Å². The Morgan fingerprint density at radius 1 is 1.11 bits per heavy atom.